The third-order valence-corrected chi connectivity index (χ3v) is 6.36. The molecule has 2 heterocycles. The zero-order valence-electron chi connectivity index (χ0n) is 16.4. The highest BCUT2D eigenvalue weighted by Gasteiger charge is 2.31. The number of likely N-dealkylation sites (tertiary alicyclic amines) is 1. The van der Waals surface area contributed by atoms with Gasteiger partial charge >= 0.3 is 0 Å². The number of aryl methyl sites for hydroxylation is 1. The van der Waals surface area contributed by atoms with Gasteiger partial charge < -0.3 is 9.47 Å². The lowest BCUT2D eigenvalue weighted by molar-refractivity contribution is -0.131. The second-order valence-corrected chi connectivity index (χ2v) is 8.36. The van der Waals surface area contributed by atoms with Crippen LogP contribution in [0.15, 0.2) is 36.5 Å². The minimum Gasteiger partial charge on any atom is -0.342 e. The van der Waals surface area contributed by atoms with Gasteiger partial charge in [0.05, 0.1) is 0 Å². The summed E-state index contributed by atoms with van der Waals surface area (Å²) in [6.07, 6.45) is 10.2. The van der Waals surface area contributed by atoms with Gasteiger partial charge in [0.15, 0.2) is 0 Å². The van der Waals surface area contributed by atoms with Crippen molar-refractivity contribution < 1.29 is 4.79 Å². The highest BCUT2D eigenvalue weighted by molar-refractivity contribution is 5.76. The summed E-state index contributed by atoms with van der Waals surface area (Å²) in [5.41, 5.74) is 2.49. The molecule has 0 N–H and O–H groups in total. The minimum absolute atomic E-state index is 0.359. The van der Waals surface area contributed by atoms with Crippen LogP contribution in [0.5, 0.6) is 0 Å². The van der Waals surface area contributed by atoms with Gasteiger partial charge in [-0.1, -0.05) is 49.6 Å². The van der Waals surface area contributed by atoms with Gasteiger partial charge in [-0.25, -0.2) is 4.98 Å². The summed E-state index contributed by atoms with van der Waals surface area (Å²) < 4.78 is 2.33. The zero-order valence-corrected chi connectivity index (χ0v) is 16.4. The zero-order chi connectivity index (χ0) is 18.6. The third-order valence-electron chi connectivity index (χ3n) is 6.36. The van der Waals surface area contributed by atoms with E-state index in [0.717, 1.165) is 38.3 Å². The van der Waals surface area contributed by atoms with Crippen LogP contribution in [0.4, 0.5) is 0 Å². The normalized spacial score (nSPS) is 20.9. The van der Waals surface area contributed by atoms with E-state index in [9.17, 15) is 4.79 Å². The number of benzene rings is 1. The highest BCUT2D eigenvalue weighted by Crippen LogP contribution is 2.31. The number of nitrogens with zero attached hydrogens (tertiary/aromatic N) is 3. The summed E-state index contributed by atoms with van der Waals surface area (Å²) in [6.45, 7) is 4.69. The molecule has 4 nitrogen and oxygen atoms in total. The molecule has 1 aliphatic heterocycles. The predicted molar refractivity (Wildman–Crippen MR) is 108 cm³/mol. The van der Waals surface area contributed by atoms with Gasteiger partial charge in [-0.2, -0.15) is 0 Å². The Hall–Kier alpha value is -2.10. The Morgan fingerprint density at radius 3 is 2.67 bits per heavy atom. The molecule has 1 aliphatic carbocycles. The molecule has 0 radical (unpaired) electrons. The van der Waals surface area contributed by atoms with Crippen LogP contribution in [-0.2, 0) is 11.3 Å². The van der Waals surface area contributed by atoms with Crippen LogP contribution in [-0.4, -0.2) is 33.4 Å². The first-order valence-corrected chi connectivity index (χ1v) is 10.5. The van der Waals surface area contributed by atoms with Crippen molar-refractivity contribution in [2.75, 3.05) is 13.1 Å². The van der Waals surface area contributed by atoms with Crippen LogP contribution in [0.3, 0.4) is 0 Å². The Morgan fingerprint density at radius 2 is 1.89 bits per heavy atom. The van der Waals surface area contributed by atoms with E-state index in [4.69, 9.17) is 4.98 Å². The van der Waals surface area contributed by atoms with Crippen molar-refractivity contribution in [1.29, 1.82) is 0 Å². The van der Waals surface area contributed by atoms with Gasteiger partial charge in [-0.15, -0.1) is 0 Å². The molecule has 27 heavy (non-hydrogen) atoms. The van der Waals surface area contributed by atoms with Crippen LogP contribution >= 0.6 is 0 Å². The molecule has 144 valence electrons. The van der Waals surface area contributed by atoms with E-state index in [1.807, 2.05) is 6.20 Å². The molecule has 1 amide bonds. The van der Waals surface area contributed by atoms with Crippen molar-refractivity contribution in [2.45, 2.75) is 64.3 Å². The smallest absolute Gasteiger partial charge is 0.222 e. The van der Waals surface area contributed by atoms with Crippen LogP contribution in [0, 0.1) is 12.8 Å². The summed E-state index contributed by atoms with van der Waals surface area (Å²) in [6, 6.07) is 10.6. The second kappa shape index (κ2) is 8.28. The lowest BCUT2D eigenvalue weighted by Gasteiger charge is -2.24. The molecule has 4 heteroatoms. The number of carbonyl (C=O) groups is 1. The summed E-state index contributed by atoms with van der Waals surface area (Å²) in [5, 5.41) is 0. The first kappa shape index (κ1) is 18.3. The van der Waals surface area contributed by atoms with Gasteiger partial charge in [0.1, 0.15) is 5.82 Å². The fourth-order valence-corrected chi connectivity index (χ4v) is 4.74. The molecule has 2 aromatic rings. The molecule has 1 atom stereocenters. The van der Waals surface area contributed by atoms with E-state index < -0.39 is 0 Å². The number of rotatable bonds is 5. The second-order valence-electron chi connectivity index (χ2n) is 8.36. The van der Waals surface area contributed by atoms with E-state index >= 15 is 0 Å². The molecule has 1 saturated heterocycles. The molecule has 1 aromatic heterocycles. The van der Waals surface area contributed by atoms with Crippen molar-refractivity contribution >= 4 is 5.91 Å². The number of amides is 1. The van der Waals surface area contributed by atoms with Crippen LogP contribution in [0.2, 0.25) is 0 Å². The molecule has 1 unspecified atom stereocenters. The molecule has 0 spiro atoms. The Morgan fingerprint density at radius 1 is 1.11 bits per heavy atom. The van der Waals surface area contributed by atoms with E-state index in [2.05, 4.69) is 46.7 Å². The first-order valence-electron chi connectivity index (χ1n) is 10.5. The van der Waals surface area contributed by atoms with Crippen LogP contribution < -0.4 is 0 Å². The van der Waals surface area contributed by atoms with Gasteiger partial charge in [0, 0.05) is 43.9 Å². The monoisotopic (exact) mass is 365 g/mol. The quantitative estimate of drug-likeness (QED) is 0.781. The Labute approximate surface area is 162 Å². The van der Waals surface area contributed by atoms with Crippen molar-refractivity contribution in [3.63, 3.8) is 0 Å². The number of carbonyl (C=O) groups excluding carboxylic acids is 1. The van der Waals surface area contributed by atoms with Crippen LogP contribution in [0.25, 0.3) is 0 Å². The lowest BCUT2D eigenvalue weighted by Crippen LogP contribution is -2.30. The lowest BCUT2D eigenvalue weighted by atomic mass is 9.87. The molecular weight excluding hydrogens is 334 g/mol. The summed E-state index contributed by atoms with van der Waals surface area (Å²) in [5.74, 6) is 2.48. The maximum absolute atomic E-state index is 12.8. The molecule has 1 saturated carbocycles. The number of hydrogen-bond donors (Lipinski definition) is 0. The Kier molecular flexibility index (Phi) is 5.61. The molecule has 2 fully saturated rings. The molecular formula is C23H31N3O. The maximum atomic E-state index is 12.8. The van der Waals surface area contributed by atoms with E-state index in [1.54, 1.807) is 0 Å². The topological polar surface area (TPSA) is 38.1 Å². The number of aromatic nitrogens is 2. The van der Waals surface area contributed by atoms with Gasteiger partial charge in [0.2, 0.25) is 5.91 Å². The molecule has 2 aliphatic rings. The minimum atomic E-state index is 0.359. The van der Waals surface area contributed by atoms with E-state index in [1.165, 1.54) is 43.4 Å². The standard InChI is InChI=1S/C23H31N3O/c1-18-15-24-23(26(18)16-20-10-6-3-7-11-20)21-12-13-25(17-21)22(27)14-19-8-4-2-5-9-19/h3,6-7,10-11,15,19,21H,2,4-5,8-9,12-14,16-17H2,1H3. The van der Waals surface area contributed by atoms with Crippen molar-refractivity contribution in [2.24, 2.45) is 5.92 Å². The van der Waals surface area contributed by atoms with Gasteiger partial charge in [-0.3, -0.25) is 4.79 Å². The van der Waals surface area contributed by atoms with Crippen LogP contribution in [0.1, 0.15) is 67.9 Å². The third kappa shape index (κ3) is 4.26. The summed E-state index contributed by atoms with van der Waals surface area (Å²) in [7, 11) is 0. The Balaban J connectivity index is 1.41. The maximum Gasteiger partial charge on any atom is 0.222 e. The van der Waals surface area contributed by atoms with Gasteiger partial charge in [-0.05, 0) is 37.7 Å². The van der Waals surface area contributed by atoms with E-state index in [0.29, 0.717) is 17.7 Å². The number of hydrogen-bond acceptors (Lipinski definition) is 2. The molecule has 0 bridgehead atoms. The average Bonchev–Trinajstić information content (AvgIpc) is 3.31. The van der Waals surface area contributed by atoms with E-state index in [-0.39, 0.29) is 0 Å². The fourth-order valence-electron chi connectivity index (χ4n) is 4.74. The van der Waals surface area contributed by atoms with Gasteiger partial charge in [0.25, 0.3) is 0 Å². The SMILES string of the molecule is Cc1cnc(C2CCN(C(=O)CC3CCCCC3)C2)n1Cc1ccccc1. The molecule has 4 rings (SSSR count). The Bertz CT molecular complexity index is 761. The summed E-state index contributed by atoms with van der Waals surface area (Å²) in [4.78, 5) is 19.6. The predicted octanol–water partition coefficient (Wildman–Crippen LogP) is 4.53. The molecule has 1 aromatic carbocycles. The first-order chi connectivity index (χ1) is 13.2. The largest absolute Gasteiger partial charge is 0.342 e. The van der Waals surface area contributed by atoms with Crippen molar-refractivity contribution in [1.82, 2.24) is 14.5 Å². The summed E-state index contributed by atoms with van der Waals surface area (Å²) >= 11 is 0. The average molecular weight is 366 g/mol. The van der Waals surface area contributed by atoms with Crippen molar-refractivity contribution in [3.8, 4) is 0 Å². The fraction of sp³-hybridized carbons (Fsp3) is 0.565. The van der Waals surface area contributed by atoms with Crippen molar-refractivity contribution in [3.05, 3.63) is 53.6 Å². The highest BCUT2D eigenvalue weighted by atomic mass is 16.2. The number of imidazole rings is 1.